The van der Waals surface area contributed by atoms with E-state index in [0.29, 0.717) is 0 Å². The second-order valence-corrected chi connectivity index (χ2v) is 5.82. The lowest BCUT2D eigenvalue weighted by Gasteiger charge is -2.06. The second-order valence-electron chi connectivity index (χ2n) is 5.38. The quantitative estimate of drug-likeness (QED) is 0.707. The van der Waals surface area contributed by atoms with Crippen LogP contribution in [-0.4, -0.2) is 16.8 Å². The molecular formula is C17H23ClN2O. The van der Waals surface area contributed by atoms with Crippen molar-refractivity contribution in [1.82, 2.24) is 10.2 Å². The Morgan fingerprint density at radius 1 is 1.14 bits per heavy atom. The van der Waals surface area contributed by atoms with E-state index in [4.69, 9.17) is 16.3 Å². The van der Waals surface area contributed by atoms with Crippen molar-refractivity contribution in [1.29, 1.82) is 0 Å². The van der Waals surface area contributed by atoms with Gasteiger partial charge in [0, 0.05) is 10.7 Å². The van der Waals surface area contributed by atoms with Crippen LogP contribution < -0.4 is 4.74 Å². The van der Waals surface area contributed by atoms with E-state index in [2.05, 4.69) is 24.0 Å². The number of unbranched alkanes of at least 4 members (excludes halogenated alkanes) is 3. The number of rotatable bonds is 8. The summed E-state index contributed by atoms with van der Waals surface area (Å²) in [5.41, 5.74) is 3.72. The maximum Gasteiger partial charge on any atom is 0.120 e. The first-order valence-corrected chi connectivity index (χ1v) is 7.93. The molecule has 0 amide bonds. The van der Waals surface area contributed by atoms with Gasteiger partial charge in [0.15, 0.2) is 0 Å². The van der Waals surface area contributed by atoms with Gasteiger partial charge in [0.1, 0.15) is 5.75 Å². The number of aromatic nitrogens is 2. The summed E-state index contributed by atoms with van der Waals surface area (Å²) in [6.45, 7) is 4.91. The molecule has 21 heavy (non-hydrogen) atoms. The number of nitrogens with zero attached hydrogens (tertiary/aromatic N) is 1. The average Bonchev–Trinajstić information content (AvgIpc) is 2.78. The van der Waals surface area contributed by atoms with Gasteiger partial charge in [0.05, 0.1) is 12.3 Å². The molecule has 1 heterocycles. The maximum absolute atomic E-state index is 5.91. The fourth-order valence-corrected chi connectivity index (χ4v) is 2.63. The third kappa shape index (κ3) is 5.09. The zero-order valence-corrected chi connectivity index (χ0v) is 13.5. The van der Waals surface area contributed by atoms with Gasteiger partial charge in [0.2, 0.25) is 0 Å². The summed E-state index contributed by atoms with van der Waals surface area (Å²) < 4.78 is 5.68. The molecule has 0 aliphatic rings. The predicted octanol–water partition coefficient (Wildman–Crippen LogP) is 4.86. The maximum atomic E-state index is 5.91. The Balaban J connectivity index is 1.56. The summed E-state index contributed by atoms with van der Waals surface area (Å²) in [5, 5.41) is 7.99. The Morgan fingerprint density at radius 3 is 2.67 bits per heavy atom. The molecule has 2 aromatic rings. The van der Waals surface area contributed by atoms with E-state index in [1.807, 2.05) is 24.3 Å². The molecular weight excluding hydrogens is 284 g/mol. The molecule has 1 N–H and O–H groups in total. The predicted molar refractivity (Wildman–Crippen MR) is 87.2 cm³/mol. The van der Waals surface area contributed by atoms with Gasteiger partial charge >= 0.3 is 0 Å². The number of hydrogen-bond donors (Lipinski definition) is 1. The monoisotopic (exact) mass is 306 g/mol. The summed E-state index contributed by atoms with van der Waals surface area (Å²) in [6, 6.07) is 7.56. The zero-order valence-electron chi connectivity index (χ0n) is 12.8. The normalized spacial score (nSPS) is 10.8. The van der Waals surface area contributed by atoms with E-state index >= 15 is 0 Å². The minimum Gasteiger partial charge on any atom is -0.494 e. The van der Waals surface area contributed by atoms with E-state index in [9.17, 15) is 0 Å². The lowest BCUT2D eigenvalue weighted by Crippen LogP contribution is -1.97. The van der Waals surface area contributed by atoms with Crippen LogP contribution in [0.3, 0.4) is 0 Å². The Bertz CT molecular complexity index is 546. The van der Waals surface area contributed by atoms with Crippen molar-refractivity contribution in [3.8, 4) is 5.75 Å². The Labute approximate surface area is 131 Å². The lowest BCUT2D eigenvalue weighted by atomic mass is 10.0. The number of benzene rings is 1. The SMILES string of the molecule is Cc1n[nH]c(C)c1CCCCCCOc1cccc(Cl)c1. The van der Waals surface area contributed by atoms with E-state index in [0.717, 1.165) is 35.9 Å². The summed E-state index contributed by atoms with van der Waals surface area (Å²) in [6.07, 6.45) is 5.82. The minimum atomic E-state index is 0.721. The molecule has 0 unspecified atom stereocenters. The van der Waals surface area contributed by atoms with Gasteiger partial charge in [-0.25, -0.2) is 0 Å². The molecule has 0 bridgehead atoms. The van der Waals surface area contributed by atoms with Crippen molar-refractivity contribution < 1.29 is 4.74 Å². The van der Waals surface area contributed by atoms with Crippen molar-refractivity contribution >= 4 is 11.6 Å². The van der Waals surface area contributed by atoms with Gasteiger partial charge < -0.3 is 4.74 Å². The highest BCUT2D eigenvalue weighted by Crippen LogP contribution is 2.18. The van der Waals surface area contributed by atoms with Crippen LogP contribution in [0.4, 0.5) is 0 Å². The number of halogens is 1. The summed E-state index contributed by atoms with van der Waals surface area (Å²) in [4.78, 5) is 0. The molecule has 1 aromatic carbocycles. The summed E-state index contributed by atoms with van der Waals surface area (Å²) in [5.74, 6) is 0.854. The molecule has 0 saturated heterocycles. The van der Waals surface area contributed by atoms with Crippen molar-refractivity contribution in [2.75, 3.05) is 6.61 Å². The van der Waals surface area contributed by atoms with Crippen molar-refractivity contribution in [2.24, 2.45) is 0 Å². The lowest BCUT2D eigenvalue weighted by molar-refractivity contribution is 0.304. The van der Waals surface area contributed by atoms with Gasteiger partial charge in [-0.2, -0.15) is 5.10 Å². The fourth-order valence-electron chi connectivity index (χ4n) is 2.45. The van der Waals surface area contributed by atoms with Gasteiger partial charge in [-0.3, -0.25) is 5.10 Å². The van der Waals surface area contributed by atoms with Gasteiger partial charge in [-0.1, -0.05) is 30.5 Å². The molecule has 0 saturated carbocycles. The zero-order chi connectivity index (χ0) is 15.1. The van der Waals surface area contributed by atoms with E-state index < -0.39 is 0 Å². The summed E-state index contributed by atoms with van der Waals surface area (Å²) >= 11 is 5.91. The molecule has 3 nitrogen and oxygen atoms in total. The standard InChI is InChI=1S/C17H23ClN2O/c1-13-17(14(2)20-19-13)10-5-3-4-6-11-21-16-9-7-8-15(18)12-16/h7-9,12H,3-6,10-11H2,1-2H3,(H,19,20). The first-order valence-electron chi connectivity index (χ1n) is 7.55. The molecule has 0 radical (unpaired) electrons. The largest absolute Gasteiger partial charge is 0.494 e. The number of H-pyrrole nitrogens is 1. The Morgan fingerprint density at radius 2 is 1.95 bits per heavy atom. The number of ether oxygens (including phenoxy) is 1. The first kappa shape index (κ1) is 15.9. The van der Waals surface area contributed by atoms with Crippen molar-refractivity contribution in [2.45, 2.75) is 46.0 Å². The molecule has 114 valence electrons. The molecule has 0 aliphatic carbocycles. The Hall–Kier alpha value is -1.48. The van der Waals surface area contributed by atoms with Gasteiger partial charge in [-0.15, -0.1) is 0 Å². The van der Waals surface area contributed by atoms with E-state index in [1.165, 1.54) is 30.5 Å². The van der Waals surface area contributed by atoms with Crippen LogP contribution in [0.2, 0.25) is 5.02 Å². The van der Waals surface area contributed by atoms with Crippen LogP contribution in [0.1, 0.15) is 42.6 Å². The van der Waals surface area contributed by atoms with Crippen molar-refractivity contribution in [3.63, 3.8) is 0 Å². The molecule has 2 rings (SSSR count). The number of aromatic amines is 1. The topological polar surface area (TPSA) is 37.9 Å². The highest BCUT2D eigenvalue weighted by Gasteiger charge is 2.05. The number of nitrogens with one attached hydrogen (secondary N) is 1. The third-order valence-electron chi connectivity index (χ3n) is 3.67. The highest BCUT2D eigenvalue weighted by molar-refractivity contribution is 6.30. The highest BCUT2D eigenvalue weighted by atomic mass is 35.5. The van der Waals surface area contributed by atoms with Crippen molar-refractivity contribution in [3.05, 3.63) is 46.2 Å². The van der Waals surface area contributed by atoms with Crippen LogP contribution in [0, 0.1) is 13.8 Å². The van der Waals surface area contributed by atoms with Crippen LogP contribution in [0.5, 0.6) is 5.75 Å². The van der Waals surface area contributed by atoms with Crippen LogP contribution in [0.15, 0.2) is 24.3 Å². The van der Waals surface area contributed by atoms with Gasteiger partial charge in [0.25, 0.3) is 0 Å². The fraction of sp³-hybridized carbons (Fsp3) is 0.471. The van der Waals surface area contributed by atoms with Crippen LogP contribution in [-0.2, 0) is 6.42 Å². The number of aryl methyl sites for hydroxylation is 2. The number of hydrogen-bond acceptors (Lipinski definition) is 2. The molecule has 0 spiro atoms. The summed E-state index contributed by atoms with van der Waals surface area (Å²) in [7, 11) is 0. The molecule has 0 fully saturated rings. The first-order chi connectivity index (χ1) is 10.2. The Kier molecular flexibility index (Phi) is 6.12. The average molecular weight is 307 g/mol. The third-order valence-corrected chi connectivity index (χ3v) is 3.90. The van der Waals surface area contributed by atoms with Crippen LogP contribution in [0.25, 0.3) is 0 Å². The molecule has 1 aromatic heterocycles. The van der Waals surface area contributed by atoms with Crippen LogP contribution >= 0.6 is 11.6 Å². The second kappa shape index (κ2) is 8.08. The smallest absolute Gasteiger partial charge is 0.120 e. The molecule has 0 aliphatic heterocycles. The minimum absolute atomic E-state index is 0.721. The molecule has 4 heteroatoms. The van der Waals surface area contributed by atoms with E-state index in [-0.39, 0.29) is 0 Å². The van der Waals surface area contributed by atoms with Gasteiger partial charge in [-0.05, 0) is 56.9 Å². The molecule has 0 atom stereocenters. The van der Waals surface area contributed by atoms with E-state index in [1.54, 1.807) is 0 Å².